The van der Waals surface area contributed by atoms with E-state index in [-0.39, 0.29) is 0 Å². The summed E-state index contributed by atoms with van der Waals surface area (Å²) in [6.07, 6.45) is -0.920. The van der Waals surface area contributed by atoms with E-state index in [9.17, 15) is 0 Å². The lowest BCUT2D eigenvalue weighted by atomic mass is 10.3. The SMILES string of the molecule is C=C(C(OCC)OCC)C(OCC)OCC. The molecule has 0 rings (SSSR count). The Morgan fingerprint density at radius 2 is 1.00 bits per heavy atom. The first-order valence-electron chi connectivity index (χ1n) is 5.86. The summed E-state index contributed by atoms with van der Waals surface area (Å²) in [6, 6.07) is 0. The molecule has 0 aromatic carbocycles. The Bertz CT molecular complexity index is 152. The van der Waals surface area contributed by atoms with Gasteiger partial charge in [-0.3, -0.25) is 0 Å². The molecule has 96 valence electrons. The van der Waals surface area contributed by atoms with Crippen LogP contribution in [-0.4, -0.2) is 39.0 Å². The lowest BCUT2D eigenvalue weighted by Crippen LogP contribution is -2.30. The summed E-state index contributed by atoms with van der Waals surface area (Å²) in [5.74, 6) is 0. The number of rotatable bonds is 10. The molecular formula is C12H24O4. The van der Waals surface area contributed by atoms with Crippen molar-refractivity contribution in [2.75, 3.05) is 26.4 Å². The predicted octanol–water partition coefficient (Wildman–Crippen LogP) is 2.34. The third-order valence-electron chi connectivity index (χ3n) is 1.88. The van der Waals surface area contributed by atoms with Crippen LogP contribution in [0.1, 0.15) is 27.7 Å². The van der Waals surface area contributed by atoms with E-state index < -0.39 is 12.6 Å². The van der Waals surface area contributed by atoms with Gasteiger partial charge in [-0.2, -0.15) is 0 Å². The van der Waals surface area contributed by atoms with Crippen LogP contribution in [0.4, 0.5) is 0 Å². The van der Waals surface area contributed by atoms with Crippen LogP contribution < -0.4 is 0 Å². The summed E-state index contributed by atoms with van der Waals surface area (Å²) < 4.78 is 21.7. The summed E-state index contributed by atoms with van der Waals surface area (Å²) in [6.45, 7) is 13.8. The highest BCUT2D eigenvalue weighted by molar-refractivity contribution is 5.02. The second kappa shape index (κ2) is 9.78. The van der Waals surface area contributed by atoms with Crippen LogP contribution in [0.2, 0.25) is 0 Å². The van der Waals surface area contributed by atoms with E-state index in [1.54, 1.807) is 0 Å². The molecule has 4 nitrogen and oxygen atoms in total. The normalized spacial score (nSPS) is 11.4. The molecule has 0 saturated heterocycles. The van der Waals surface area contributed by atoms with Crippen LogP contribution in [0.3, 0.4) is 0 Å². The minimum atomic E-state index is -0.460. The second-order valence-corrected chi connectivity index (χ2v) is 3.06. The van der Waals surface area contributed by atoms with Gasteiger partial charge in [0.2, 0.25) is 0 Å². The third-order valence-corrected chi connectivity index (χ3v) is 1.88. The second-order valence-electron chi connectivity index (χ2n) is 3.06. The van der Waals surface area contributed by atoms with E-state index in [1.165, 1.54) is 0 Å². The average molecular weight is 232 g/mol. The van der Waals surface area contributed by atoms with Crippen LogP contribution >= 0.6 is 0 Å². The minimum absolute atomic E-state index is 0.460. The molecule has 0 amide bonds. The van der Waals surface area contributed by atoms with Crippen molar-refractivity contribution in [3.05, 3.63) is 12.2 Å². The summed E-state index contributed by atoms with van der Waals surface area (Å²) in [5, 5.41) is 0. The molecule has 0 aliphatic rings. The fraction of sp³-hybridized carbons (Fsp3) is 0.833. The first-order chi connectivity index (χ1) is 7.71. The Hall–Kier alpha value is -0.420. The van der Waals surface area contributed by atoms with Gasteiger partial charge in [0.25, 0.3) is 0 Å². The first-order valence-corrected chi connectivity index (χ1v) is 5.86. The molecule has 0 spiro atoms. The fourth-order valence-corrected chi connectivity index (χ4v) is 1.24. The molecule has 0 radical (unpaired) electrons. The maximum absolute atomic E-state index is 5.44. The van der Waals surface area contributed by atoms with Gasteiger partial charge in [0.15, 0.2) is 12.6 Å². The molecule has 0 N–H and O–H groups in total. The van der Waals surface area contributed by atoms with Gasteiger partial charge in [0, 0.05) is 32.0 Å². The Kier molecular flexibility index (Phi) is 9.52. The highest BCUT2D eigenvalue weighted by Gasteiger charge is 2.22. The van der Waals surface area contributed by atoms with E-state index in [1.807, 2.05) is 27.7 Å². The molecule has 0 aliphatic carbocycles. The Labute approximate surface area is 98.5 Å². The monoisotopic (exact) mass is 232 g/mol. The molecule has 0 aliphatic heterocycles. The topological polar surface area (TPSA) is 36.9 Å². The summed E-state index contributed by atoms with van der Waals surface area (Å²) in [5.41, 5.74) is 0.674. The number of hydrogen-bond donors (Lipinski definition) is 0. The lowest BCUT2D eigenvalue weighted by Gasteiger charge is -2.25. The molecule has 16 heavy (non-hydrogen) atoms. The summed E-state index contributed by atoms with van der Waals surface area (Å²) in [7, 11) is 0. The Balaban J connectivity index is 4.38. The van der Waals surface area contributed by atoms with Gasteiger partial charge in [0.05, 0.1) is 0 Å². The third kappa shape index (κ3) is 5.61. The van der Waals surface area contributed by atoms with Crippen LogP contribution in [0.15, 0.2) is 12.2 Å². The lowest BCUT2D eigenvalue weighted by molar-refractivity contribution is -0.164. The maximum atomic E-state index is 5.44. The zero-order valence-electron chi connectivity index (χ0n) is 10.8. The van der Waals surface area contributed by atoms with Crippen molar-refractivity contribution in [1.82, 2.24) is 0 Å². The van der Waals surface area contributed by atoms with E-state index in [0.717, 1.165) is 0 Å². The van der Waals surface area contributed by atoms with Gasteiger partial charge in [-0.1, -0.05) is 6.58 Å². The number of ether oxygens (including phenoxy) is 4. The van der Waals surface area contributed by atoms with Gasteiger partial charge < -0.3 is 18.9 Å². The van der Waals surface area contributed by atoms with Gasteiger partial charge in [-0.15, -0.1) is 0 Å². The highest BCUT2D eigenvalue weighted by Crippen LogP contribution is 2.15. The molecule has 0 heterocycles. The van der Waals surface area contributed by atoms with Gasteiger partial charge >= 0.3 is 0 Å². The largest absolute Gasteiger partial charge is 0.349 e. The van der Waals surface area contributed by atoms with Crippen molar-refractivity contribution in [2.45, 2.75) is 40.3 Å². The zero-order valence-corrected chi connectivity index (χ0v) is 10.8. The standard InChI is InChI=1S/C12H24O4/c1-6-13-11(14-7-2)10(5)12(15-8-3)16-9-4/h11-12H,5-9H2,1-4H3. The van der Waals surface area contributed by atoms with Crippen molar-refractivity contribution in [3.8, 4) is 0 Å². The fourth-order valence-electron chi connectivity index (χ4n) is 1.24. The van der Waals surface area contributed by atoms with Crippen molar-refractivity contribution in [3.63, 3.8) is 0 Å². The van der Waals surface area contributed by atoms with Crippen molar-refractivity contribution in [1.29, 1.82) is 0 Å². The smallest absolute Gasteiger partial charge is 0.184 e. The van der Waals surface area contributed by atoms with E-state index in [0.29, 0.717) is 32.0 Å². The van der Waals surface area contributed by atoms with Crippen molar-refractivity contribution >= 4 is 0 Å². The Morgan fingerprint density at radius 3 is 1.19 bits per heavy atom. The van der Waals surface area contributed by atoms with Crippen LogP contribution in [0, 0.1) is 0 Å². The molecular weight excluding hydrogens is 208 g/mol. The van der Waals surface area contributed by atoms with Crippen molar-refractivity contribution in [2.24, 2.45) is 0 Å². The molecule has 0 unspecified atom stereocenters. The summed E-state index contributed by atoms with van der Waals surface area (Å²) >= 11 is 0. The Morgan fingerprint density at radius 1 is 0.750 bits per heavy atom. The number of hydrogen-bond acceptors (Lipinski definition) is 4. The zero-order chi connectivity index (χ0) is 12.4. The van der Waals surface area contributed by atoms with Gasteiger partial charge in [-0.05, 0) is 27.7 Å². The maximum Gasteiger partial charge on any atom is 0.184 e. The predicted molar refractivity (Wildman–Crippen MR) is 63.2 cm³/mol. The van der Waals surface area contributed by atoms with Crippen LogP contribution in [0.5, 0.6) is 0 Å². The van der Waals surface area contributed by atoms with Gasteiger partial charge in [-0.25, -0.2) is 0 Å². The van der Waals surface area contributed by atoms with E-state index >= 15 is 0 Å². The molecule has 0 aromatic heterocycles. The van der Waals surface area contributed by atoms with Gasteiger partial charge in [0.1, 0.15) is 0 Å². The molecule has 0 fully saturated rings. The van der Waals surface area contributed by atoms with E-state index in [2.05, 4.69) is 6.58 Å². The van der Waals surface area contributed by atoms with E-state index in [4.69, 9.17) is 18.9 Å². The molecule has 0 saturated carbocycles. The molecule has 0 aromatic rings. The summed E-state index contributed by atoms with van der Waals surface area (Å²) in [4.78, 5) is 0. The minimum Gasteiger partial charge on any atom is -0.349 e. The van der Waals surface area contributed by atoms with Crippen LogP contribution in [-0.2, 0) is 18.9 Å². The molecule has 0 bridgehead atoms. The average Bonchev–Trinajstić information content (AvgIpc) is 2.27. The molecule has 0 atom stereocenters. The first kappa shape index (κ1) is 15.6. The quantitative estimate of drug-likeness (QED) is 0.428. The highest BCUT2D eigenvalue weighted by atomic mass is 16.7. The van der Waals surface area contributed by atoms with Crippen LogP contribution in [0.25, 0.3) is 0 Å². The van der Waals surface area contributed by atoms with Crippen molar-refractivity contribution < 1.29 is 18.9 Å². The molecule has 4 heteroatoms.